The van der Waals surface area contributed by atoms with E-state index in [0.717, 1.165) is 18.2 Å². The Morgan fingerprint density at radius 1 is 1.47 bits per heavy atom. The van der Waals surface area contributed by atoms with Gasteiger partial charge in [-0.2, -0.15) is 0 Å². The minimum absolute atomic E-state index is 0.395. The standard InChI is InChI=1S/C10H10F3NS/c1-2-14-5-6-3-4-7(11)8(10(12)13)9(6)15-14/h3-4,10H,2,5H2,1H3. The molecule has 0 N–H and O–H groups in total. The third kappa shape index (κ3) is 1.86. The van der Waals surface area contributed by atoms with E-state index in [1.54, 1.807) is 6.07 Å². The van der Waals surface area contributed by atoms with E-state index < -0.39 is 17.8 Å². The lowest BCUT2D eigenvalue weighted by Gasteiger charge is -2.09. The van der Waals surface area contributed by atoms with Crippen LogP contribution in [0.5, 0.6) is 0 Å². The van der Waals surface area contributed by atoms with E-state index in [0.29, 0.717) is 11.4 Å². The number of halogens is 3. The molecule has 82 valence electrons. The molecule has 0 unspecified atom stereocenters. The molecule has 0 saturated heterocycles. The summed E-state index contributed by atoms with van der Waals surface area (Å²) in [5.41, 5.74) is 0.340. The van der Waals surface area contributed by atoms with Crippen molar-refractivity contribution in [2.24, 2.45) is 0 Å². The summed E-state index contributed by atoms with van der Waals surface area (Å²) >= 11 is 1.22. The Kier molecular flexibility index (Phi) is 2.93. The average Bonchev–Trinajstić information content (AvgIpc) is 2.59. The van der Waals surface area contributed by atoms with Crippen molar-refractivity contribution in [2.75, 3.05) is 6.54 Å². The fraction of sp³-hybridized carbons (Fsp3) is 0.400. The second-order valence-electron chi connectivity index (χ2n) is 3.30. The fourth-order valence-electron chi connectivity index (χ4n) is 1.58. The summed E-state index contributed by atoms with van der Waals surface area (Å²) in [5, 5.41) is 0. The largest absolute Gasteiger partial charge is 0.267 e. The highest BCUT2D eigenvalue weighted by molar-refractivity contribution is 7.97. The van der Waals surface area contributed by atoms with Gasteiger partial charge < -0.3 is 0 Å². The van der Waals surface area contributed by atoms with E-state index in [-0.39, 0.29) is 0 Å². The molecule has 1 aliphatic rings. The van der Waals surface area contributed by atoms with Gasteiger partial charge in [-0.3, -0.25) is 0 Å². The lowest BCUT2D eigenvalue weighted by molar-refractivity contribution is 0.143. The minimum atomic E-state index is -2.75. The molecule has 2 rings (SSSR count). The average molecular weight is 233 g/mol. The van der Waals surface area contributed by atoms with E-state index in [1.807, 2.05) is 11.2 Å². The van der Waals surface area contributed by atoms with Crippen LogP contribution in [0.3, 0.4) is 0 Å². The zero-order chi connectivity index (χ0) is 11.0. The molecule has 0 saturated carbocycles. The molecule has 0 atom stereocenters. The van der Waals surface area contributed by atoms with Crippen molar-refractivity contribution in [3.05, 3.63) is 29.1 Å². The molecule has 1 heterocycles. The van der Waals surface area contributed by atoms with Gasteiger partial charge >= 0.3 is 0 Å². The maximum absolute atomic E-state index is 13.2. The highest BCUT2D eigenvalue weighted by Crippen LogP contribution is 2.42. The molecule has 15 heavy (non-hydrogen) atoms. The van der Waals surface area contributed by atoms with Crippen molar-refractivity contribution in [2.45, 2.75) is 24.8 Å². The minimum Gasteiger partial charge on any atom is -0.242 e. The molecule has 0 amide bonds. The lowest BCUT2D eigenvalue weighted by atomic mass is 10.1. The molecule has 1 aromatic carbocycles. The molecular formula is C10H10F3NS. The van der Waals surface area contributed by atoms with E-state index in [4.69, 9.17) is 0 Å². The summed E-state index contributed by atoms with van der Waals surface area (Å²) in [6.45, 7) is 3.30. The van der Waals surface area contributed by atoms with E-state index >= 15 is 0 Å². The van der Waals surface area contributed by atoms with Gasteiger partial charge in [0.15, 0.2) is 0 Å². The topological polar surface area (TPSA) is 3.24 Å². The van der Waals surface area contributed by atoms with Gasteiger partial charge in [-0.25, -0.2) is 17.5 Å². The first kappa shape index (κ1) is 10.8. The monoisotopic (exact) mass is 233 g/mol. The van der Waals surface area contributed by atoms with Crippen molar-refractivity contribution in [1.82, 2.24) is 4.31 Å². The van der Waals surface area contributed by atoms with Crippen LogP contribution in [0, 0.1) is 5.82 Å². The predicted molar refractivity (Wildman–Crippen MR) is 53.3 cm³/mol. The maximum atomic E-state index is 13.2. The molecule has 0 bridgehead atoms. The normalized spacial score (nSPS) is 16.1. The number of benzene rings is 1. The second-order valence-corrected chi connectivity index (χ2v) is 4.40. The van der Waals surface area contributed by atoms with Crippen LogP contribution in [0.25, 0.3) is 0 Å². The van der Waals surface area contributed by atoms with Gasteiger partial charge in [-0.15, -0.1) is 0 Å². The number of fused-ring (bicyclic) bond motifs is 1. The van der Waals surface area contributed by atoms with Crippen molar-refractivity contribution in [3.8, 4) is 0 Å². The molecule has 0 radical (unpaired) electrons. The molecule has 0 aromatic heterocycles. The quantitative estimate of drug-likeness (QED) is 0.718. The Labute approximate surface area is 90.4 Å². The second kappa shape index (κ2) is 4.06. The van der Waals surface area contributed by atoms with Crippen LogP contribution in [0.4, 0.5) is 13.2 Å². The number of hydrogen-bond acceptors (Lipinski definition) is 2. The Morgan fingerprint density at radius 2 is 2.20 bits per heavy atom. The van der Waals surface area contributed by atoms with Crippen LogP contribution in [0.15, 0.2) is 17.0 Å². The van der Waals surface area contributed by atoms with Crippen molar-refractivity contribution >= 4 is 11.9 Å². The van der Waals surface area contributed by atoms with E-state index in [9.17, 15) is 13.2 Å². The maximum Gasteiger partial charge on any atom is 0.267 e. The van der Waals surface area contributed by atoms with Gasteiger partial charge in [0.1, 0.15) is 5.82 Å². The molecule has 0 fully saturated rings. The summed E-state index contributed by atoms with van der Waals surface area (Å²) in [7, 11) is 0. The highest BCUT2D eigenvalue weighted by Gasteiger charge is 2.28. The summed E-state index contributed by atoms with van der Waals surface area (Å²) in [5.74, 6) is -0.811. The Morgan fingerprint density at radius 3 is 2.80 bits per heavy atom. The third-order valence-corrected chi connectivity index (χ3v) is 3.67. The van der Waals surface area contributed by atoms with Gasteiger partial charge in [0, 0.05) is 18.0 Å². The van der Waals surface area contributed by atoms with E-state index in [1.165, 1.54) is 11.9 Å². The molecule has 1 aliphatic heterocycles. The number of alkyl halides is 2. The predicted octanol–water partition coefficient (Wildman–Crippen LogP) is 3.61. The Bertz CT molecular complexity index is 381. The first-order chi connectivity index (χ1) is 7.13. The molecule has 0 aliphatic carbocycles. The Balaban J connectivity index is 2.45. The van der Waals surface area contributed by atoms with Crippen LogP contribution in [-0.2, 0) is 6.54 Å². The molecule has 1 nitrogen and oxygen atoms in total. The first-order valence-electron chi connectivity index (χ1n) is 4.65. The van der Waals surface area contributed by atoms with Crippen molar-refractivity contribution in [3.63, 3.8) is 0 Å². The van der Waals surface area contributed by atoms with Crippen LogP contribution < -0.4 is 0 Å². The van der Waals surface area contributed by atoms with Gasteiger partial charge in [0.2, 0.25) is 0 Å². The van der Waals surface area contributed by atoms with Crippen LogP contribution >= 0.6 is 11.9 Å². The molecular weight excluding hydrogens is 223 g/mol. The van der Waals surface area contributed by atoms with Crippen LogP contribution in [-0.4, -0.2) is 10.8 Å². The molecule has 0 spiro atoms. The number of rotatable bonds is 2. The van der Waals surface area contributed by atoms with Crippen molar-refractivity contribution in [1.29, 1.82) is 0 Å². The van der Waals surface area contributed by atoms with Gasteiger partial charge in [-0.05, 0) is 23.6 Å². The van der Waals surface area contributed by atoms with Gasteiger partial charge in [0.05, 0.1) is 5.56 Å². The third-order valence-electron chi connectivity index (χ3n) is 2.36. The highest BCUT2D eigenvalue weighted by atomic mass is 32.2. The van der Waals surface area contributed by atoms with Crippen molar-refractivity contribution < 1.29 is 13.2 Å². The molecule has 5 heteroatoms. The summed E-state index contributed by atoms with van der Waals surface area (Å²) in [6, 6.07) is 2.71. The van der Waals surface area contributed by atoms with E-state index in [2.05, 4.69) is 0 Å². The summed E-state index contributed by atoms with van der Waals surface area (Å²) in [4.78, 5) is 0.395. The van der Waals surface area contributed by atoms with Crippen LogP contribution in [0.1, 0.15) is 24.5 Å². The summed E-state index contributed by atoms with van der Waals surface area (Å²) in [6.07, 6.45) is -2.75. The first-order valence-corrected chi connectivity index (χ1v) is 5.43. The fourth-order valence-corrected chi connectivity index (χ4v) is 2.71. The Hall–Kier alpha value is -0.680. The SMILES string of the molecule is CCN1Cc2ccc(F)c(C(F)F)c2S1. The number of nitrogens with zero attached hydrogens (tertiary/aromatic N) is 1. The smallest absolute Gasteiger partial charge is 0.242 e. The zero-order valence-electron chi connectivity index (χ0n) is 8.14. The van der Waals surface area contributed by atoms with Gasteiger partial charge in [-0.1, -0.05) is 13.0 Å². The summed E-state index contributed by atoms with van der Waals surface area (Å²) < 4.78 is 40.4. The lowest BCUT2D eigenvalue weighted by Crippen LogP contribution is -2.07. The molecule has 1 aromatic rings. The number of hydrogen-bond donors (Lipinski definition) is 0. The van der Waals surface area contributed by atoms with Crippen LogP contribution in [0.2, 0.25) is 0 Å². The van der Waals surface area contributed by atoms with Gasteiger partial charge in [0.25, 0.3) is 6.43 Å². The zero-order valence-corrected chi connectivity index (χ0v) is 8.95.